The van der Waals surface area contributed by atoms with E-state index in [9.17, 15) is 13.2 Å². The van der Waals surface area contributed by atoms with Gasteiger partial charge in [0, 0.05) is 23.1 Å². The molecule has 0 saturated heterocycles. The lowest BCUT2D eigenvalue weighted by molar-refractivity contribution is -0.121. The van der Waals surface area contributed by atoms with Crippen LogP contribution >= 0.6 is 11.6 Å². The van der Waals surface area contributed by atoms with Gasteiger partial charge in [-0.05, 0) is 49.2 Å². The number of carbonyl (C=O) groups is 1. The summed E-state index contributed by atoms with van der Waals surface area (Å²) in [5.74, 6) is 1.03. The van der Waals surface area contributed by atoms with Crippen LogP contribution in [0.1, 0.15) is 44.7 Å². The highest BCUT2D eigenvalue weighted by Gasteiger charge is 2.39. The zero-order valence-corrected chi connectivity index (χ0v) is 25.3. The molecule has 0 fully saturated rings. The molecule has 1 atom stereocenters. The number of ether oxygens (including phenoxy) is 4. The van der Waals surface area contributed by atoms with Crippen molar-refractivity contribution < 1.29 is 32.2 Å². The molecule has 11 heteroatoms. The topological polar surface area (TPSA) is 103 Å². The number of nitrogens with one attached hydrogen (secondary N) is 1. The minimum atomic E-state index is -4.32. The molecule has 1 amide bonds. The number of halogens is 1. The summed E-state index contributed by atoms with van der Waals surface area (Å²) in [7, 11) is -0.0247. The van der Waals surface area contributed by atoms with E-state index in [-0.39, 0.29) is 33.1 Å². The number of methoxy groups -OCH3 is 3. The predicted octanol–water partition coefficient (Wildman–Crippen LogP) is 5.76. The van der Waals surface area contributed by atoms with E-state index in [0.29, 0.717) is 17.9 Å². The maximum atomic E-state index is 14.1. The molecule has 0 spiro atoms. The fourth-order valence-electron chi connectivity index (χ4n) is 5.06. The maximum absolute atomic E-state index is 14.1. The van der Waals surface area contributed by atoms with Gasteiger partial charge in [0.15, 0.2) is 11.5 Å². The summed E-state index contributed by atoms with van der Waals surface area (Å²) in [6, 6.07) is 16.0. The fraction of sp³-hybridized carbons (Fsp3) is 0.367. The maximum Gasteiger partial charge on any atom is 0.265 e. The van der Waals surface area contributed by atoms with Gasteiger partial charge in [-0.15, -0.1) is 0 Å². The zero-order chi connectivity index (χ0) is 29.8. The number of sulfonamides is 1. The summed E-state index contributed by atoms with van der Waals surface area (Å²) in [5.41, 5.74) is 0.509. The van der Waals surface area contributed by atoms with Crippen molar-refractivity contribution in [1.82, 2.24) is 5.32 Å². The van der Waals surface area contributed by atoms with Gasteiger partial charge in [0.25, 0.3) is 10.0 Å². The molecule has 220 valence electrons. The minimum Gasteiger partial charge on any atom is -0.495 e. The highest BCUT2D eigenvalue weighted by atomic mass is 35.5. The average Bonchev–Trinajstić information content (AvgIpc) is 2.99. The predicted molar refractivity (Wildman–Crippen MR) is 158 cm³/mol. The van der Waals surface area contributed by atoms with Crippen LogP contribution in [0.3, 0.4) is 0 Å². The molecule has 0 aliphatic carbocycles. The van der Waals surface area contributed by atoms with Crippen LogP contribution in [0, 0.1) is 0 Å². The molecule has 1 heterocycles. The third-order valence-corrected chi connectivity index (χ3v) is 9.45. The Labute approximate surface area is 246 Å². The number of anilines is 1. The summed E-state index contributed by atoms with van der Waals surface area (Å²) in [6.45, 7) is 3.58. The number of hydrogen-bond acceptors (Lipinski definition) is 7. The third kappa shape index (κ3) is 6.18. The van der Waals surface area contributed by atoms with Crippen LogP contribution in [0.4, 0.5) is 5.69 Å². The summed E-state index contributed by atoms with van der Waals surface area (Å²) < 4.78 is 51.7. The van der Waals surface area contributed by atoms with E-state index < -0.39 is 28.1 Å². The summed E-state index contributed by atoms with van der Waals surface area (Å²) in [5, 5.41) is 3.35. The van der Waals surface area contributed by atoms with Crippen molar-refractivity contribution in [1.29, 1.82) is 0 Å². The van der Waals surface area contributed by atoms with Crippen LogP contribution in [-0.4, -0.2) is 47.8 Å². The number of fused-ring (bicyclic) bond motifs is 1. The number of rotatable bonds is 11. The van der Waals surface area contributed by atoms with Gasteiger partial charge in [0.1, 0.15) is 23.6 Å². The molecule has 0 aromatic heterocycles. The van der Waals surface area contributed by atoms with E-state index in [4.69, 9.17) is 30.5 Å². The summed E-state index contributed by atoms with van der Waals surface area (Å²) in [4.78, 5) is 13.6. The lowest BCUT2D eigenvalue weighted by Gasteiger charge is -2.41. The van der Waals surface area contributed by atoms with Crippen LogP contribution in [0.5, 0.6) is 23.0 Å². The first kappa shape index (κ1) is 30.3. The van der Waals surface area contributed by atoms with Gasteiger partial charge in [0.05, 0.1) is 38.0 Å². The molecular formula is C30H35ClN2O7S. The van der Waals surface area contributed by atoms with E-state index in [0.717, 1.165) is 22.7 Å². The number of hydrogen-bond donors (Lipinski definition) is 1. The highest BCUT2D eigenvalue weighted by molar-refractivity contribution is 7.92. The first-order valence-electron chi connectivity index (χ1n) is 13.3. The van der Waals surface area contributed by atoms with E-state index in [1.807, 2.05) is 24.3 Å². The van der Waals surface area contributed by atoms with Gasteiger partial charge >= 0.3 is 0 Å². The number of carbonyl (C=O) groups excluding carboxylic acids is 1. The van der Waals surface area contributed by atoms with Crippen LogP contribution in [0.15, 0.2) is 65.6 Å². The fourth-order valence-corrected chi connectivity index (χ4v) is 6.67. The van der Waals surface area contributed by atoms with Crippen LogP contribution in [-0.2, 0) is 14.8 Å². The van der Waals surface area contributed by atoms with Gasteiger partial charge in [-0.2, -0.15) is 0 Å². The third-order valence-electron chi connectivity index (χ3n) is 7.46. The lowest BCUT2D eigenvalue weighted by atomic mass is 9.83. The second-order valence-electron chi connectivity index (χ2n) is 9.70. The van der Waals surface area contributed by atoms with Gasteiger partial charge in [-0.3, -0.25) is 9.10 Å². The standard InChI is InChI=1S/C30H35ClN2O7S/c1-6-30(7-2)18-23(22-10-8-9-11-25(22)40-30)32-29(34)19-33(24-16-20(31)12-14-26(24)37-3)41(35,36)21-13-15-27(38-4)28(17-21)39-5/h8-17,23H,6-7,18-19H2,1-5H3,(H,32,34). The molecule has 1 aliphatic heterocycles. The first-order valence-corrected chi connectivity index (χ1v) is 15.1. The number of nitrogens with zero attached hydrogens (tertiary/aromatic N) is 1. The molecule has 41 heavy (non-hydrogen) atoms. The largest absolute Gasteiger partial charge is 0.495 e. The SMILES string of the molecule is CCC1(CC)CC(NC(=O)CN(c2cc(Cl)ccc2OC)S(=O)(=O)c2ccc(OC)c(OC)c2)c2ccccc2O1. The smallest absolute Gasteiger partial charge is 0.265 e. The van der Waals surface area contributed by atoms with Crippen LogP contribution in [0.25, 0.3) is 0 Å². The van der Waals surface area contributed by atoms with Gasteiger partial charge in [-0.1, -0.05) is 43.6 Å². The molecule has 0 bridgehead atoms. The lowest BCUT2D eigenvalue weighted by Crippen LogP contribution is -2.47. The van der Waals surface area contributed by atoms with Crippen LogP contribution in [0.2, 0.25) is 5.02 Å². The van der Waals surface area contributed by atoms with E-state index >= 15 is 0 Å². The number of benzene rings is 3. The molecular weight excluding hydrogens is 568 g/mol. The molecule has 0 radical (unpaired) electrons. The number of para-hydroxylation sites is 1. The van der Waals surface area contributed by atoms with Crippen molar-refractivity contribution in [2.75, 3.05) is 32.2 Å². The Morgan fingerprint density at radius 1 is 0.976 bits per heavy atom. The molecule has 1 aliphatic rings. The second-order valence-corrected chi connectivity index (χ2v) is 12.0. The number of amides is 1. The Bertz CT molecular complexity index is 1510. The molecule has 0 saturated carbocycles. The van der Waals surface area contributed by atoms with E-state index in [1.54, 1.807) is 12.1 Å². The Balaban J connectivity index is 1.74. The van der Waals surface area contributed by atoms with Crippen LogP contribution < -0.4 is 28.6 Å². The van der Waals surface area contributed by atoms with Gasteiger partial charge in [-0.25, -0.2) is 8.42 Å². The zero-order valence-electron chi connectivity index (χ0n) is 23.8. The molecule has 3 aromatic carbocycles. The van der Waals surface area contributed by atoms with Crippen molar-refractivity contribution >= 4 is 33.2 Å². The Kier molecular flexibility index (Phi) is 9.24. The Morgan fingerprint density at radius 3 is 2.29 bits per heavy atom. The molecule has 4 rings (SSSR count). The van der Waals surface area contributed by atoms with Crippen molar-refractivity contribution in [3.05, 3.63) is 71.2 Å². The van der Waals surface area contributed by atoms with E-state index in [2.05, 4.69) is 19.2 Å². The van der Waals surface area contributed by atoms with Crippen molar-refractivity contribution in [3.8, 4) is 23.0 Å². The Hall–Kier alpha value is -3.63. The summed E-state index contributed by atoms with van der Waals surface area (Å²) >= 11 is 6.28. The molecule has 1 N–H and O–H groups in total. The average molecular weight is 603 g/mol. The normalized spacial score (nSPS) is 15.7. The monoisotopic (exact) mass is 602 g/mol. The van der Waals surface area contributed by atoms with E-state index in [1.165, 1.54) is 45.6 Å². The second kappa shape index (κ2) is 12.5. The van der Waals surface area contributed by atoms with Crippen molar-refractivity contribution in [2.45, 2.75) is 49.6 Å². The van der Waals surface area contributed by atoms with Gasteiger partial charge < -0.3 is 24.3 Å². The Morgan fingerprint density at radius 2 is 1.63 bits per heavy atom. The minimum absolute atomic E-state index is 0.0997. The molecule has 3 aromatic rings. The quantitative estimate of drug-likeness (QED) is 0.298. The molecule has 9 nitrogen and oxygen atoms in total. The van der Waals surface area contributed by atoms with Crippen molar-refractivity contribution in [2.24, 2.45) is 0 Å². The summed E-state index contributed by atoms with van der Waals surface area (Å²) in [6.07, 6.45) is 2.05. The highest BCUT2D eigenvalue weighted by Crippen LogP contribution is 2.43. The van der Waals surface area contributed by atoms with Crippen molar-refractivity contribution in [3.63, 3.8) is 0 Å². The van der Waals surface area contributed by atoms with Gasteiger partial charge in [0.2, 0.25) is 5.91 Å². The first-order chi connectivity index (χ1) is 19.6. The molecule has 1 unspecified atom stereocenters.